The van der Waals surface area contributed by atoms with E-state index in [9.17, 15) is 19.7 Å². The molecule has 2 aromatic carbocycles. The van der Waals surface area contributed by atoms with Crippen LogP contribution in [0.25, 0.3) is 0 Å². The van der Waals surface area contributed by atoms with Crippen molar-refractivity contribution in [1.82, 2.24) is 5.32 Å². The minimum absolute atomic E-state index is 0.0473. The number of benzene rings is 2. The number of dihydropyridines is 1. The lowest BCUT2D eigenvalue weighted by Gasteiger charge is -2.37. The Morgan fingerprint density at radius 3 is 2.43 bits per heavy atom. The molecule has 5 rings (SSSR count). The first kappa shape index (κ1) is 24.7. The van der Waals surface area contributed by atoms with E-state index in [0.29, 0.717) is 28.8 Å². The summed E-state index contributed by atoms with van der Waals surface area (Å²) < 4.78 is 11.4. The summed E-state index contributed by atoms with van der Waals surface area (Å²) in [6.07, 6.45) is 4.44. The lowest BCUT2D eigenvalue weighted by molar-refractivity contribution is -0.384. The summed E-state index contributed by atoms with van der Waals surface area (Å²) in [5.41, 5.74) is 3.90. The Bertz CT molecular complexity index is 1300. The van der Waals surface area contributed by atoms with Crippen LogP contribution in [0.1, 0.15) is 68.4 Å². The number of hydrogen-bond donors (Lipinski definition) is 1. The smallest absolute Gasteiger partial charge is 0.337 e. The van der Waals surface area contributed by atoms with Gasteiger partial charge in [-0.25, -0.2) is 4.79 Å². The first-order valence-electron chi connectivity index (χ1n) is 12.7. The number of Topliss-reactive ketones (excluding diaryl/α,β-unsaturated/α-hetero) is 1. The number of ketones is 1. The maximum Gasteiger partial charge on any atom is 0.337 e. The van der Waals surface area contributed by atoms with Gasteiger partial charge in [-0.3, -0.25) is 14.9 Å². The fraction of sp³-hybridized carbons (Fsp3) is 0.379. The lowest BCUT2D eigenvalue weighted by atomic mass is 9.71. The van der Waals surface area contributed by atoms with Crippen molar-refractivity contribution in [1.29, 1.82) is 0 Å². The van der Waals surface area contributed by atoms with Crippen LogP contribution in [-0.2, 0) is 14.3 Å². The number of carbonyl (C=O) groups is 2. The lowest BCUT2D eigenvalue weighted by Crippen LogP contribution is -2.36. The SMILES string of the molecule is COc1ccccc1[C@@H]1CC(=O)C2=C(C1)NC(C)=C(C(=O)OC1CCCC1)[C@H]2c1ccc([N+](=O)[O-])cc1. The van der Waals surface area contributed by atoms with E-state index in [1.165, 1.54) is 12.1 Å². The summed E-state index contributed by atoms with van der Waals surface area (Å²) in [6, 6.07) is 13.8. The normalized spacial score (nSPS) is 21.9. The minimum Gasteiger partial charge on any atom is -0.496 e. The standard InChI is InChI=1S/C29H30N2O6/c1-17-26(29(33)37-21-7-3-4-8-21)27(18-11-13-20(14-12-18)31(34)35)28-23(30-17)15-19(16-24(28)32)22-9-5-6-10-25(22)36-2/h5-6,9-14,19,21,27,30H,3-4,7-8,15-16H2,1-2H3/t19-,27+/m0/s1. The average Bonchev–Trinajstić information content (AvgIpc) is 3.40. The van der Waals surface area contributed by atoms with Gasteiger partial charge in [-0.15, -0.1) is 0 Å². The third-order valence-corrected chi connectivity index (χ3v) is 7.64. The first-order valence-corrected chi connectivity index (χ1v) is 12.7. The number of esters is 1. The fourth-order valence-electron chi connectivity index (χ4n) is 5.88. The monoisotopic (exact) mass is 502 g/mol. The number of allylic oxidation sites excluding steroid dienone is 3. The van der Waals surface area contributed by atoms with Gasteiger partial charge in [0.1, 0.15) is 11.9 Å². The van der Waals surface area contributed by atoms with Gasteiger partial charge in [0.15, 0.2) is 5.78 Å². The number of carbonyl (C=O) groups excluding carboxylic acids is 2. The number of rotatable bonds is 6. The van der Waals surface area contributed by atoms with E-state index in [2.05, 4.69) is 5.32 Å². The zero-order valence-corrected chi connectivity index (χ0v) is 21.0. The Kier molecular flexibility index (Phi) is 6.82. The molecule has 1 saturated carbocycles. The molecule has 0 radical (unpaired) electrons. The second kappa shape index (κ2) is 10.2. The van der Waals surface area contributed by atoms with Crippen LogP contribution in [0.4, 0.5) is 5.69 Å². The van der Waals surface area contributed by atoms with Crippen LogP contribution < -0.4 is 10.1 Å². The summed E-state index contributed by atoms with van der Waals surface area (Å²) in [7, 11) is 1.62. The van der Waals surface area contributed by atoms with Gasteiger partial charge in [-0.2, -0.15) is 0 Å². The molecule has 0 aromatic heterocycles. The Labute approximate surface area is 215 Å². The molecular formula is C29H30N2O6. The van der Waals surface area contributed by atoms with Gasteiger partial charge < -0.3 is 14.8 Å². The first-order chi connectivity index (χ1) is 17.9. The van der Waals surface area contributed by atoms with Crippen LogP contribution in [-0.4, -0.2) is 29.9 Å². The molecule has 192 valence electrons. The third kappa shape index (κ3) is 4.75. The molecule has 1 aliphatic heterocycles. The van der Waals surface area contributed by atoms with Gasteiger partial charge in [0.2, 0.25) is 0 Å². The van der Waals surface area contributed by atoms with Crippen LogP contribution in [0.5, 0.6) is 5.75 Å². The van der Waals surface area contributed by atoms with Gasteiger partial charge in [0.05, 0.1) is 17.6 Å². The van der Waals surface area contributed by atoms with E-state index in [1.807, 2.05) is 31.2 Å². The molecular weight excluding hydrogens is 472 g/mol. The average molecular weight is 503 g/mol. The van der Waals surface area contributed by atoms with Crippen LogP contribution in [0.15, 0.2) is 71.1 Å². The zero-order chi connectivity index (χ0) is 26.1. The molecule has 0 saturated heterocycles. The second-order valence-corrected chi connectivity index (χ2v) is 9.92. The second-order valence-electron chi connectivity index (χ2n) is 9.92. The summed E-state index contributed by atoms with van der Waals surface area (Å²) >= 11 is 0. The maximum absolute atomic E-state index is 13.8. The molecule has 37 heavy (non-hydrogen) atoms. The predicted octanol–water partition coefficient (Wildman–Crippen LogP) is 5.45. The molecule has 3 aliphatic rings. The van der Waals surface area contributed by atoms with Crippen LogP contribution in [0.2, 0.25) is 0 Å². The van der Waals surface area contributed by atoms with Gasteiger partial charge >= 0.3 is 5.97 Å². The molecule has 0 bridgehead atoms. The van der Waals surface area contributed by atoms with E-state index in [-0.39, 0.29) is 29.9 Å². The topological polar surface area (TPSA) is 108 Å². The predicted molar refractivity (Wildman–Crippen MR) is 137 cm³/mol. The molecule has 8 nitrogen and oxygen atoms in total. The van der Waals surface area contributed by atoms with Crippen molar-refractivity contribution in [2.45, 2.75) is 63.4 Å². The summed E-state index contributed by atoms with van der Waals surface area (Å²) in [5.74, 6) is -0.498. The van der Waals surface area contributed by atoms with Crippen molar-refractivity contribution in [3.05, 3.63) is 92.3 Å². The van der Waals surface area contributed by atoms with Gasteiger partial charge in [-0.1, -0.05) is 30.3 Å². The van der Waals surface area contributed by atoms with Crippen molar-refractivity contribution in [3.63, 3.8) is 0 Å². The molecule has 2 atom stereocenters. The fourth-order valence-corrected chi connectivity index (χ4v) is 5.88. The molecule has 0 spiro atoms. The highest BCUT2D eigenvalue weighted by molar-refractivity contribution is 6.04. The highest BCUT2D eigenvalue weighted by atomic mass is 16.6. The van der Waals surface area contributed by atoms with Crippen molar-refractivity contribution in [3.8, 4) is 5.75 Å². The number of hydrogen-bond acceptors (Lipinski definition) is 7. The Hall–Kier alpha value is -3.94. The summed E-state index contributed by atoms with van der Waals surface area (Å²) in [4.78, 5) is 38.1. The quantitative estimate of drug-likeness (QED) is 0.318. The molecule has 1 fully saturated rings. The minimum atomic E-state index is -0.655. The number of para-hydroxylation sites is 1. The highest BCUT2D eigenvalue weighted by Gasteiger charge is 2.42. The maximum atomic E-state index is 13.8. The largest absolute Gasteiger partial charge is 0.496 e. The number of nitro benzene ring substituents is 1. The third-order valence-electron chi connectivity index (χ3n) is 7.64. The Morgan fingerprint density at radius 1 is 1.05 bits per heavy atom. The van der Waals surface area contributed by atoms with Crippen LogP contribution in [0, 0.1) is 10.1 Å². The van der Waals surface area contributed by atoms with Gasteiger partial charge in [-0.05, 0) is 56.2 Å². The van der Waals surface area contributed by atoms with Gasteiger partial charge in [0, 0.05) is 47.4 Å². The molecule has 1 N–H and O–H groups in total. The van der Waals surface area contributed by atoms with E-state index in [1.54, 1.807) is 19.2 Å². The molecule has 0 unspecified atom stereocenters. The number of nitro groups is 1. The Morgan fingerprint density at radius 2 is 1.76 bits per heavy atom. The number of non-ortho nitro benzene ring substituents is 1. The van der Waals surface area contributed by atoms with E-state index < -0.39 is 16.8 Å². The van der Waals surface area contributed by atoms with E-state index in [0.717, 1.165) is 42.7 Å². The zero-order valence-electron chi connectivity index (χ0n) is 21.0. The molecule has 2 aliphatic carbocycles. The van der Waals surface area contributed by atoms with Crippen molar-refractivity contribution >= 4 is 17.4 Å². The highest BCUT2D eigenvalue weighted by Crippen LogP contribution is 2.47. The summed E-state index contributed by atoms with van der Waals surface area (Å²) in [5, 5.41) is 14.6. The molecule has 1 heterocycles. The molecule has 8 heteroatoms. The van der Waals surface area contributed by atoms with Gasteiger partial charge in [0.25, 0.3) is 5.69 Å². The number of methoxy groups -OCH3 is 1. The van der Waals surface area contributed by atoms with Crippen molar-refractivity contribution < 1.29 is 24.0 Å². The van der Waals surface area contributed by atoms with Crippen LogP contribution >= 0.6 is 0 Å². The number of nitrogens with one attached hydrogen (secondary N) is 1. The molecule has 0 amide bonds. The Balaban J connectivity index is 1.56. The number of nitrogens with zero attached hydrogens (tertiary/aromatic N) is 1. The summed E-state index contributed by atoms with van der Waals surface area (Å²) in [6.45, 7) is 1.82. The van der Waals surface area contributed by atoms with E-state index in [4.69, 9.17) is 9.47 Å². The van der Waals surface area contributed by atoms with Crippen molar-refractivity contribution in [2.24, 2.45) is 0 Å². The number of ether oxygens (including phenoxy) is 2. The van der Waals surface area contributed by atoms with E-state index >= 15 is 0 Å². The van der Waals surface area contributed by atoms with Crippen molar-refractivity contribution in [2.75, 3.05) is 7.11 Å². The molecule has 2 aromatic rings. The van der Waals surface area contributed by atoms with Crippen LogP contribution in [0.3, 0.4) is 0 Å².